The first-order chi connectivity index (χ1) is 13.1. The number of nitrogens with zero attached hydrogens (tertiary/aromatic N) is 2. The first-order valence-electron chi connectivity index (χ1n) is 8.79. The predicted molar refractivity (Wildman–Crippen MR) is 99.0 cm³/mol. The second-order valence-corrected chi connectivity index (χ2v) is 6.22. The molecule has 1 aromatic carbocycles. The molecule has 1 aliphatic rings. The number of nitrogens with one attached hydrogen (secondary N) is 1. The van der Waals surface area contributed by atoms with Gasteiger partial charge in [0.1, 0.15) is 18.0 Å². The van der Waals surface area contributed by atoms with Gasteiger partial charge in [0.25, 0.3) is 5.56 Å². The second kappa shape index (κ2) is 8.68. The Morgan fingerprint density at radius 1 is 1.30 bits per heavy atom. The van der Waals surface area contributed by atoms with E-state index in [9.17, 15) is 9.59 Å². The van der Waals surface area contributed by atoms with Gasteiger partial charge in [0.15, 0.2) is 0 Å². The SMILES string of the molecule is COc1ccc(OC)c(-c2ccc(=O)n(CC(=O)NC[C@H]3CCCO3)n2)c1. The molecule has 2 heterocycles. The number of benzene rings is 1. The highest BCUT2D eigenvalue weighted by atomic mass is 16.5. The molecule has 0 bridgehead atoms. The molecular formula is C19H23N3O5. The lowest BCUT2D eigenvalue weighted by molar-refractivity contribution is -0.122. The molecule has 0 radical (unpaired) electrons. The molecule has 8 heteroatoms. The van der Waals surface area contributed by atoms with Gasteiger partial charge in [-0.1, -0.05) is 0 Å². The zero-order chi connectivity index (χ0) is 19.2. The van der Waals surface area contributed by atoms with Crippen molar-refractivity contribution in [2.45, 2.75) is 25.5 Å². The monoisotopic (exact) mass is 373 g/mol. The summed E-state index contributed by atoms with van der Waals surface area (Å²) < 4.78 is 17.2. The average Bonchev–Trinajstić information content (AvgIpc) is 3.21. The fraction of sp³-hybridized carbons (Fsp3) is 0.421. The van der Waals surface area contributed by atoms with E-state index in [2.05, 4.69) is 10.4 Å². The number of hydrogen-bond acceptors (Lipinski definition) is 6. The maximum absolute atomic E-state index is 12.2. The van der Waals surface area contributed by atoms with Gasteiger partial charge < -0.3 is 19.5 Å². The summed E-state index contributed by atoms with van der Waals surface area (Å²) in [6, 6.07) is 8.29. The zero-order valence-corrected chi connectivity index (χ0v) is 15.4. The molecular weight excluding hydrogens is 350 g/mol. The van der Waals surface area contributed by atoms with Gasteiger partial charge in [-0.25, -0.2) is 4.68 Å². The molecule has 1 atom stereocenters. The van der Waals surface area contributed by atoms with Crippen LogP contribution in [0, 0.1) is 0 Å². The van der Waals surface area contributed by atoms with Crippen LogP contribution in [0.4, 0.5) is 0 Å². The molecule has 1 aliphatic heterocycles. The Bertz CT molecular complexity index is 859. The summed E-state index contributed by atoms with van der Waals surface area (Å²) in [6.07, 6.45) is 1.99. The molecule has 1 fully saturated rings. The smallest absolute Gasteiger partial charge is 0.267 e. The number of rotatable bonds is 7. The van der Waals surface area contributed by atoms with Crippen LogP contribution in [-0.4, -0.2) is 49.2 Å². The van der Waals surface area contributed by atoms with Crippen LogP contribution in [-0.2, 0) is 16.1 Å². The molecule has 1 amide bonds. The van der Waals surface area contributed by atoms with Crippen LogP contribution in [0.1, 0.15) is 12.8 Å². The van der Waals surface area contributed by atoms with Crippen molar-refractivity contribution in [1.82, 2.24) is 15.1 Å². The fourth-order valence-corrected chi connectivity index (χ4v) is 2.94. The third-order valence-electron chi connectivity index (χ3n) is 4.39. The Labute approximate surface area is 157 Å². The lowest BCUT2D eigenvalue weighted by Gasteiger charge is -2.13. The van der Waals surface area contributed by atoms with Crippen molar-refractivity contribution < 1.29 is 19.0 Å². The fourth-order valence-electron chi connectivity index (χ4n) is 2.94. The Hall–Kier alpha value is -2.87. The first-order valence-corrected chi connectivity index (χ1v) is 8.79. The Balaban J connectivity index is 1.78. The van der Waals surface area contributed by atoms with Gasteiger partial charge in [0, 0.05) is 24.8 Å². The normalized spacial score (nSPS) is 16.1. The van der Waals surface area contributed by atoms with Crippen molar-refractivity contribution in [3.63, 3.8) is 0 Å². The minimum atomic E-state index is -0.354. The Kier molecular flexibility index (Phi) is 6.08. The maximum atomic E-state index is 12.2. The predicted octanol–water partition coefficient (Wildman–Crippen LogP) is 1.22. The minimum absolute atomic E-state index is 0.0472. The Morgan fingerprint density at radius 2 is 2.15 bits per heavy atom. The molecule has 27 heavy (non-hydrogen) atoms. The number of ether oxygens (including phenoxy) is 3. The Morgan fingerprint density at radius 3 is 2.85 bits per heavy atom. The van der Waals surface area contributed by atoms with Gasteiger partial charge >= 0.3 is 0 Å². The van der Waals surface area contributed by atoms with E-state index in [1.807, 2.05) is 0 Å². The third kappa shape index (κ3) is 4.65. The van der Waals surface area contributed by atoms with E-state index >= 15 is 0 Å². The standard InChI is InChI=1S/C19H23N3O5/c1-25-13-5-7-17(26-2)15(10-13)16-6-8-19(24)22(21-16)12-18(23)20-11-14-4-3-9-27-14/h5-8,10,14H,3-4,9,11-12H2,1-2H3,(H,20,23)/t14-/m1/s1. The molecule has 1 aromatic heterocycles. The van der Waals surface area contributed by atoms with E-state index in [1.165, 1.54) is 6.07 Å². The summed E-state index contributed by atoms with van der Waals surface area (Å²) in [7, 11) is 3.12. The van der Waals surface area contributed by atoms with E-state index in [1.54, 1.807) is 38.5 Å². The summed E-state index contributed by atoms with van der Waals surface area (Å²) >= 11 is 0. The highest BCUT2D eigenvalue weighted by Crippen LogP contribution is 2.31. The summed E-state index contributed by atoms with van der Waals surface area (Å²) in [6.45, 7) is 1.01. The number of amides is 1. The summed E-state index contributed by atoms with van der Waals surface area (Å²) in [5, 5.41) is 7.11. The van der Waals surface area contributed by atoms with Crippen molar-refractivity contribution in [3.8, 4) is 22.8 Å². The molecule has 1 N–H and O–H groups in total. The van der Waals surface area contributed by atoms with E-state index < -0.39 is 0 Å². The van der Waals surface area contributed by atoms with Crippen molar-refractivity contribution in [3.05, 3.63) is 40.7 Å². The van der Waals surface area contributed by atoms with Crippen LogP contribution in [0.5, 0.6) is 11.5 Å². The molecule has 0 aliphatic carbocycles. The van der Waals surface area contributed by atoms with Crippen molar-refractivity contribution in [1.29, 1.82) is 0 Å². The first kappa shape index (κ1) is 18.9. The van der Waals surface area contributed by atoms with Gasteiger partial charge in [-0.05, 0) is 37.1 Å². The molecule has 8 nitrogen and oxygen atoms in total. The van der Waals surface area contributed by atoms with Gasteiger partial charge in [-0.15, -0.1) is 0 Å². The molecule has 1 saturated heterocycles. The summed E-state index contributed by atoms with van der Waals surface area (Å²) in [4.78, 5) is 24.3. The van der Waals surface area contributed by atoms with Gasteiger partial charge in [0.05, 0.1) is 26.0 Å². The highest BCUT2D eigenvalue weighted by Gasteiger charge is 2.17. The van der Waals surface area contributed by atoms with E-state index in [0.29, 0.717) is 29.3 Å². The average molecular weight is 373 g/mol. The van der Waals surface area contributed by atoms with E-state index in [4.69, 9.17) is 14.2 Å². The molecule has 0 spiro atoms. The third-order valence-corrected chi connectivity index (χ3v) is 4.39. The summed E-state index contributed by atoms with van der Waals surface area (Å²) in [5.41, 5.74) is 0.829. The second-order valence-electron chi connectivity index (χ2n) is 6.22. The van der Waals surface area contributed by atoms with Crippen LogP contribution >= 0.6 is 0 Å². The van der Waals surface area contributed by atoms with Crippen molar-refractivity contribution >= 4 is 5.91 Å². The van der Waals surface area contributed by atoms with E-state index in [0.717, 1.165) is 24.1 Å². The van der Waals surface area contributed by atoms with Crippen LogP contribution in [0.3, 0.4) is 0 Å². The molecule has 0 saturated carbocycles. The number of aromatic nitrogens is 2. The lowest BCUT2D eigenvalue weighted by atomic mass is 10.1. The van der Waals surface area contributed by atoms with Gasteiger partial charge in [-0.2, -0.15) is 5.10 Å². The highest BCUT2D eigenvalue weighted by molar-refractivity contribution is 5.75. The van der Waals surface area contributed by atoms with Crippen LogP contribution in [0.2, 0.25) is 0 Å². The van der Waals surface area contributed by atoms with Crippen LogP contribution in [0.25, 0.3) is 11.3 Å². The largest absolute Gasteiger partial charge is 0.497 e. The number of methoxy groups -OCH3 is 2. The molecule has 2 aromatic rings. The van der Waals surface area contributed by atoms with Crippen molar-refractivity contribution in [2.24, 2.45) is 0 Å². The minimum Gasteiger partial charge on any atom is -0.497 e. The van der Waals surface area contributed by atoms with Gasteiger partial charge in [0.2, 0.25) is 5.91 Å². The number of hydrogen-bond donors (Lipinski definition) is 1. The van der Waals surface area contributed by atoms with E-state index in [-0.39, 0.29) is 24.1 Å². The number of carbonyl (C=O) groups is 1. The lowest BCUT2D eigenvalue weighted by Crippen LogP contribution is -2.37. The zero-order valence-electron chi connectivity index (χ0n) is 15.4. The molecule has 0 unspecified atom stereocenters. The maximum Gasteiger partial charge on any atom is 0.267 e. The van der Waals surface area contributed by atoms with Crippen molar-refractivity contribution in [2.75, 3.05) is 27.4 Å². The van der Waals surface area contributed by atoms with Crippen LogP contribution < -0.4 is 20.3 Å². The quantitative estimate of drug-likeness (QED) is 0.785. The molecule has 144 valence electrons. The topological polar surface area (TPSA) is 91.7 Å². The van der Waals surface area contributed by atoms with Gasteiger partial charge in [-0.3, -0.25) is 9.59 Å². The van der Waals surface area contributed by atoms with Crippen LogP contribution in [0.15, 0.2) is 35.1 Å². The number of carbonyl (C=O) groups excluding carboxylic acids is 1. The molecule has 3 rings (SSSR count). The summed E-state index contributed by atoms with van der Waals surface area (Å²) in [5.74, 6) is 0.950.